The number of nitrogens with one attached hydrogen (secondary N) is 1. The third kappa shape index (κ3) is 4.66. The van der Waals surface area contributed by atoms with Crippen molar-refractivity contribution >= 4 is 40.1 Å². The zero-order valence-corrected chi connectivity index (χ0v) is 18.4. The molecule has 0 spiro atoms. The van der Waals surface area contributed by atoms with Gasteiger partial charge in [-0.15, -0.1) is 0 Å². The Hall–Kier alpha value is -3.51. The van der Waals surface area contributed by atoms with Gasteiger partial charge in [-0.1, -0.05) is 23.7 Å². The van der Waals surface area contributed by atoms with Gasteiger partial charge in [-0.05, 0) is 31.2 Å². The molecule has 10 heteroatoms. The van der Waals surface area contributed by atoms with Gasteiger partial charge < -0.3 is 15.3 Å². The van der Waals surface area contributed by atoms with Crippen LogP contribution in [0.4, 0.5) is 20.3 Å². The first kappa shape index (κ1) is 22.7. The summed E-state index contributed by atoms with van der Waals surface area (Å²) >= 11 is 6.30. The summed E-state index contributed by atoms with van der Waals surface area (Å²) in [7, 11) is 0. The summed E-state index contributed by atoms with van der Waals surface area (Å²) in [5, 5.41) is 22.6. The third-order valence-corrected chi connectivity index (χ3v) is 5.86. The van der Waals surface area contributed by atoms with Gasteiger partial charge in [-0.3, -0.25) is 0 Å². The molecular formula is C23H20ClF2N5O2. The molecule has 2 N–H and O–H groups in total. The first-order valence-corrected chi connectivity index (χ1v) is 10.7. The normalized spacial score (nSPS) is 16.3. The molecule has 7 nitrogen and oxygen atoms in total. The molecule has 1 aliphatic heterocycles. The minimum Gasteiger partial charge on any atom is -0.478 e. The van der Waals surface area contributed by atoms with Crippen molar-refractivity contribution in [3.8, 4) is 6.07 Å². The Kier molecular flexibility index (Phi) is 6.04. The largest absolute Gasteiger partial charge is 0.478 e. The third-order valence-electron chi connectivity index (χ3n) is 5.64. The van der Waals surface area contributed by atoms with Crippen LogP contribution in [0.3, 0.4) is 0 Å². The number of para-hydroxylation sites is 1. The van der Waals surface area contributed by atoms with Gasteiger partial charge in [0, 0.05) is 42.2 Å². The number of carboxylic acid groups (broad SMARTS) is 1. The number of fused-ring (bicyclic) bond motifs is 1. The second kappa shape index (κ2) is 8.79. The fraction of sp³-hybridized carbons (Fsp3) is 0.304. The number of halogens is 3. The SMILES string of the molecule is C[C@H](Nc1ccccc1C(=O)O)c1cc(Cl)cc2nc(C#N)c(N3CCC(F)(F)CC3)nc12. The van der Waals surface area contributed by atoms with E-state index in [4.69, 9.17) is 11.6 Å². The average molecular weight is 472 g/mol. The molecule has 2 aromatic carbocycles. The molecule has 1 aromatic heterocycles. The number of carbonyl (C=O) groups is 1. The lowest BCUT2D eigenvalue weighted by Crippen LogP contribution is -2.40. The van der Waals surface area contributed by atoms with Crippen molar-refractivity contribution < 1.29 is 18.7 Å². The van der Waals surface area contributed by atoms with Crippen molar-refractivity contribution in [3.63, 3.8) is 0 Å². The fourth-order valence-corrected chi connectivity index (χ4v) is 4.14. The van der Waals surface area contributed by atoms with Crippen LogP contribution in [-0.4, -0.2) is 40.1 Å². The summed E-state index contributed by atoms with van der Waals surface area (Å²) in [6.45, 7) is 1.94. The van der Waals surface area contributed by atoms with Crippen LogP contribution in [0.2, 0.25) is 5.02 Å². The van der Waals surface area contributed by atoms with Crippen LogP contribution in [0.1, 0.15) is 47.4 Å². The summed E-state index contributed by atoms with van der Waals surface area (Å²) in [5.41, 5.74) is 2.06. The van der Waals surface area contributed by atoms with Gasteiger partial charge in [0.1, 0.15) is 6.07 Å². The smallest absolute Gasteiger partial charge is 0.337 e. The lowest BCUT2D eigenvalue weighted by molar-refractivity contribution is -0.0221. The number of nitrogens with zero attached hydrogens (tertiary/aromatic N) is 4. The maximum atomic E-state index is 13.6. The minimum atomic E-state index is -2.73. The fourth-order valence-electron chi connectivity index (χ4n) is 3.92. The number of aromatic nitrogens is 2. The van der Waals surface area contributed by atoms with E-state index in [1.807, 2.05) is 13.0 Å². The number of aromatic carboxylic acids is 1. The number of piperidine rings is 1. The molecular weight excluding hydrogens is 452 g/mol. The lowest BCUT2D eigenvalue weighted by Gasteiger charge is -2.33. The van der Waals surface area contributed by atoms with Crippen LogP contribution >= 0.6 is 11.6 Å². The Morgan fingerprint density at radius 2 is 1.97 bits per heavy atom. The molecule has 3 aromatic rings. The first-order chi connectivity index (χ1) is 15.7. The topological polar surface area (TPSA) is 102 Å². The highest BCUT2D eigenvalue weighted by molar-refractivity contribution is 6.31. The summed E-state index contributed by atoms with van der Waals surface area (Å²) in [4.78, 5) is 22.3. The zero-order chi connectivity index (χ0) is 23.8. The van der Waals surface area contributed by atoms with E-state index in [2.05, 4.69) is 15.3 Å². The standard InChI is InChI=1S/C23H20ClF2N5O2/c1-13(28-17-5-3-2-4-15(17)22(32)33)16-10-14(24)11-18-20(16)30-21(19(12-27)29-18)31-8-6-23(25,26)7-9-31/h2-5,10-11,13,28H,6-9H2,1H3,(H,32,33)/t13-/m0/s1. The molecule has 2 heterocycles. The van der Waals surface area contributed by atoms with Gasteiger partial charge >= 0.3 is 5.97 Å². The van der Waals surface area contributed by atoms with E-state index >= 15 is 0 Å². The molecule has 0 saturated carbocycles. The molecule has 0 amide bonds. The maximum Gasteiger partial charge on any atom is 0.337 e. The number of carboxylic acids is 1. The summed E-state index contributed by atoms with van der Waals surface area (Å²) in [5.74, 6) is -3.55. The van der Waals surface area contributed by atoms with Gasteiger partial charge in [-0.25, -0.2) is 23.5 Å². The molecule has 33 heavy (non-hydrogen) atoms. The Bertz CT molecular complexity index is 1270. The monoisotopic (exact) mass is 471 g/mol. The molecule has 1 saturated heterocycles. The van der Waals surface area contributed by atoms with E-state index in [0.717, 1.165) is 0 Å². The van der Waals surface area contributed by atoms with Crippen molar-refractivity contribution in [2.24, 2.45) is 0 Å². The minimum absolute atomic E-state index is 0.0396. The van der Waals surface area contributed by atoms with Crippen LogP contribution in [0.15, 0.2) is 36.4 Å². The number of alkyl halides is 2. The van der Waals surface area contributed by atoms with Crippen molar-refractivity contribution in [1.82, 2.24) is 9.97 Å². The van der Waals surface area contributed by atoms with Crippen molar-refractivity contribution in [2.45, 2.75) is 31.7 Å². The van der Waals surface area contributed by atoms with E-state index in [0.29, 0.717) is 27.3 Å². The molecule has 0 aliphatic carbocycles. The lowest BCUT2D eigenvalue weighted by atomic mass is 10.0. The van der Waals surface area contributed by atoms with Gasteiger partial charge in [0.2, 0.25) is 0 Å². The maximum absolute atomic E-state index is 13.6. The van der Waals surface area contributed by atoms with Crippen LogP contribution < -0.4 is 10.2 Å². The number of hydrogen-bond donors (Lipinski definition) is 2. The summed E-state index contributed by atoms with van der Waals surface area (Å²) < 4.78 is 27.3. The molecule has 0 radical (unpaired) electrons. The highest BCUT2D eigenvalue weighted by atomic mass is 35.5. The van der Waals surface area contributed by atoms with E-state index in [1.165, 1.54) is 6.07 Å². The number of hydrogen-bond acceptors (Lipinski definition) is 6. The van der Waals surface area contributed by atoms with Crippen LogP contribution in [-0.2, 0) is 0 Å². The van der Waals surface area contributed by atoms with E-state index in [9.17, 15) is 23.9 Å². The van der Waals surface area contributed by atoms with Crippen molar-refractivity contribution in [2.75, 3.05) is 23.3 Å². The molecule has 0 bridgehead atoms. The van der Waals surface area contributed by atoms with Gasteiger partial charge in [-0.2, -0.15) is 5.26 Å². The van der Waals surface area contributed by atoms with Crippen LogP contribution in [0.5, 0.6) is 0 Å². The Morgan fingerprint density at radius 1 is 1.27 bits per heavy atom. The highest BCUT2D eigenvalue weighted by Gasteiger charge is 2.35. The van der Waals surface area contributed by atoms with Crippen molar-refractivity contribution in [3.05, 3.63) is 58.2 Å². The van der Waals surface area contributed by atoms with E-state index in [-0.39, 0.29) is 43.0 Å². The second-order valence-electron chi connectivity index (χ2n) is 7.93. The predicted octanol–water partition coefficient (Wildman–Crippen LogP) is 5.26. The molecule has 1 aliphatic rings. The van der Waals surface area contributed by atoms with Gasteiger partial charge in [0.15, 0.2) is 11.5 Å². The van der Waals surface area contributed by atoms with Gasteiger partial charge in [0.05, 0.1) is 22.6 Å². The number of nitriles is 1. The zero-order valence-electron chi connectivity index (χ0n) is 17.6. The molecule has 1 atom stereocenters. The predicted molar refractivity (Wildman–Crippen MR) is 121 cm³/mol. The molecule has 0 unspecified atom stereocenters. The average Bonchev–Trinajstić information content (AvgIpc) is 2.78. The number of benzene rings is 2. The quantitative estimate of drug-likeness (QED) is 0.523. The van der Waals surface area contributed by atoms with Crippen LogP contribution in [0, 0.1) is 11.3 Å². The molecule has 170 valence electrons. The second-order valence-corrected chi connectivity index (χ2v) is 8.37. The Balaban J connectivity index is 1.77. The summed E-state index contributed by atoms with van der Waals surface area (Å²) in [6.07, 6.45) is -0.649. The van der Waals surface area contributed by atoms with E-state index < -0.39 is 17.9 Å². The van der Waals surface area contributed by atoms with Crippen LogP contribution in [0.25, 0.3) is 11.0 Å². The van der Waals surface area contributed by atoms with Crippen molar-refractivity contribution in [1.29, 1.82) is 5.26 Å². The Morgan fingerprint density at radius 3 is 2.64 bits per heavy atom. The number of anilines is 2. The highest BCUT2D eigenvalue weighted by Crippen LogP contribution is 2.34. The van der Waals surface area contributed by atoms with Gasteiger partial charge in [0.25, 0.3) is 5.92 Å². The van der Waals surface area contributed by atoms with E-state index in [1.54, 1.807) is 35.2 Å². The number of rotatable bonds is 5. The molecule has 1 fully saturated rings. The summed E-state index contributed by atoms with van der Waals surface area (Å²) in [6, 6.07) is 11.4. The first-order valence-electron chi connectivity index (χ1n) is 10.3. The Labute approximate surface area is 193 Å². The molecule has 4 rings (SSSR count).